The topological polar surface area (TPSA) is 93.8 Å². The van der Waals surface area contributed by atoms with Crippen LogP contribution in [0.5, 0.6) is 0 Å². The lowest BCUT2D eigenvalue weighted by Crippen LogP contribution is -2.33. The van der Waals surface area contributed by atoms with E-state index in [1.807, 2.05) is 42.5 Å². The number of nitrogens with zero attached hydrogens (tertiary/aromatic N) is 4. The van der Waals surface area contributed by atoms with Crippen LogP contribution in [0.3, 0.4) is 0 Å². The minimum absolute atomic E-state index is 0.342. The molecule has 2 aromatic heterocycles. The van der Waals surface area contributed by atoms with E-state index in [9.17, 15) is 9.59 Å². The Hall–Kier alpha value is -4.20. The fraction of sp³-hybridized carbons (Fsp3) is 0.0909. The third-order valence-electron chi connectivity index (χ3n) is 4.51. The van der Waals surface area contributed by atoms with Crippen LogP contribution in [-0.4, -0.2) is 25.5 Å². The molecule has 0 fully saturated rings. The maximum Gasteiger partial charge on any atom is 0.267 e. The summed E-state index contributed by atoms with van der Waals surface area (Å²) in [5.74, 6) is 0.113. The van der Waals surface area contributed by atoms with E-state index in [4.69, 9.17) is 0 Å². The summed E-state index contributed by atoms with van der Waals surface area (Å²) >= 11 is 0. The number of aromatic nitrogens is 4. The highest BCUT2D eigenvalue weighted by Crippen LogP contribution is 2.19. The van der Waals surface area contributed by atoms with Gasteiger partial charge in [-0.3, -0.25) is 9.59 Å². The highest BCUT2D eigenvalue weighted by atomic mass is 16.2. The Kier molecular flexibility index (Phi) is 5.38. The number of benzene rings is 2. The first-order valence-corrected chi connectivity index (χ1v) is 9.43. The first-order chi connectivity index (χ1) is 14.6. The lowest BCUT2D eigenvalue weighted by atomic mass is 10.2. The molecule has 0 bridgehead atoms. The van der Waals surface area contributed by atoms with Crippen molar-refractivity contribution in [1.29, 1.82) is 0 Å². The van der Waals surface area contributed by atoms with Crippen LogP contribution in [0.2, 0.25) is 0 Å². The van der Waals surface area contributed by atoms with Gasteiger partial charge in [0, 0.05) is 35.5 Å². The van der Waals surface area contributed by atoms with Gasteiger partial charge in [0.05, 0.1) is 0 Å². The number of anilines is 3. The molecule has 0 aliphatic rings. The third-order valence-corrected chi connectivity index (χ3v) is 4.51. The van der Waals surface area contributed by atoms with Crippen LogP contribution in [0.4, 0.5) is 17.1 Å². The van der Waals surface area contributed by atoms with Gasteiger partial charge in [-0.05, 0) is 55.5 Å². The van der Waals surface area contributed by atoms with Gasteiger partial charge in [-0.1, -0.05) is 18.2 Å². The van der Waals surface area contributed by atoms with Crippen LogP contribution in [-0.2, 0) is 4.79 Å². The molecule has 1 unspecified atom stereocenters. The van der Waals surface area contributed by atoms with Gasteiger partial charge >= 0.3 is 0 Å². The standard InChI is InChI=1S/C22H20N6O2/c1-16(28-21(29)13-12-20(26-28)27-15-5-14-23-27)22(30)25-19-10-8-18(9-11-19)24-17-6-3-2-4-7-17/h2-16,24H,1H3,(H,25,30). The van der Waals surface area contributed by atoms with Crippen molar-refractivity contribution in [2.45, 2.75) is 13.0 Å². The minimum Gasteiger partial charge on any atom is -0.356 e. The van der Waals surface area contributed by atoms with Gasteiger partial charge in [-0.15, -0.1) is 5.10 Å². The van der Waals surface area contributed by atoms with Gasteiger partial charge in [0.15, 0.2) is 5.82 Å². The largest absolute Gasteiger partial charge is 0.356 e. The van der Waals surface area contributed by atoms with Crippen molar-refractivity contribution in [3.05, 3.63) is 95.5 Å². The molecule has 0 saturated carbocycles. The summed E-state index contributed by atoms with van der Waals surface area (Å²) in [5.41, 5.74) is 2.14. The fourth-order valence-corrected chi connectivity index (χ4v) is 2.90. The van der Waals surface area contributed by atoms with E-state index in [1.165, 1.54) is 10.7 Å². The minimum atomic E-state index is -0.796. The van der Waals surface area contributed by atoms with Crippen molar-refractivity contribution in [1.82, 2.24) is 19.6 Å². The predicted molar refractivity (Wildman–Crippen MR) is 115 cm³/mol. The Labute approximate surface area is 172 Å². The zero-order chi connectivity index (χ0) is 20.9. The molecule has 8 nitrogen and oxygen atoms in total. The van der Waals surface area contributed by atoms with Gasteiger partial charge in [0.1, 0.15) is 6.04 Å². The van der Waals surface area contributed by atoms with Gasteiger partial charge in [-0.2, -0.15) is 5.10 Å². The molecule has 2 N–H and O–H groups in total. The van der Waals surface area contributed by atoms with Crippen LogP contribution >= 0.6 is 0 Å². The Morgan fingerprint density at radius 3 is 2.30 bits per heavy atom. The van der Waals surface area contributed by atoms with Crippen LogP contribution in [0.15, 0.2) is 90.0 Å². The second-order valence-electron chi connectivity index (χ2n) is 6.66. The van der Waals surface area contributed by atoms with Crippen molar-refractivity contribution < 1.29 is 4.79 Å². The van der Waals surface area contributed by atoms with E-state index < -0.39 is 6.04 Å². The van der Waals surface area contributed by atoms with E-state index in [2.05, 4.69) is 20.8 Å². The normalized spacial score (nSPS) is 11.6. The van der Waals surface area contributed by atoms with E-state index in [1.54, 1.807) is 43.6 Å². The van der Waals surface area contributed by atoms with Crippen LogP contribution < -0.4 is 16.2 Å². The van der Waals surface area contributed by atoms with Crippen molar-refractivity contribution >= 4 is 23.0 Å². The molecule has 1 atom stereocenters. The second kappa shape index (κ2) is 8.44. The molecule has 0 aliphatic carbocycles. The Morgan fingerprint density at radius 1 is 0.900 bits per heavy atom. The maximum absolute atomic E-state index is 12.7. The first kappa shape index (κ1) is 19.1. The highest BCUT2D eigenvalue weighted by molar-refractivity contribution is 5.93. The van der Waals surface area contributed by atoms with E-state index >= 15 is 0 Å². The molecule has 30 heavy (non-hydrogen) atoms. The lowest BCUT2D eigenvalue weighted by Gasteiger charge is -2.15. The monoisotopic (exact) mass is 400 g/mol. The number of hydrogen-bond acceptors (Lipinski definition) is 5. The Bertz CT molecular complexity index is 1180. The molecule has 4 rings (SSSR count). The summed E-state index contributed by atoms with van der Waals surface area (Å²) in [7, 11) is 0. The number of rotatable bonds is 6. The SMILES string of the molecule is CC(C(=O)Nc1ccc(Nc2ccccc2)cc1)n1nc(-n2cccn2)ccc1=O. The average molecular weight is 400 g/mol. The maximum atomic E-state index is 12.7. The van der Waals surface area contributed by atoms with E-state index in [0.717, 1.165) is 16.1 Å². The summed E-state index contributed by atoms with van der Waals surface area (Å²) in [6, 6.07) is 21.0. The highest BCUT2D eigenvalue weighted by Gasteiger charge is 2.18. The summed E-state index contributed by atoms with van der Waals surface area (Å²) in [6.45, 7) is 1.63. The van der Waals surface area contributed by atoms with Crippen LogP contribution in [0.1, 0.15) is 13.0 Å². The Balaban J connectivity index is 1.46. The molecule has 0 saturated heterocycles. The molecular weight excluding hydrogens is 380 g/mol. The summed E-state index contributed by atoms with van der Waals surface area (Å²) in [4.78, 5) is 24.9. The molecule has 1 amide bonds. The molecule has 8 heteroatoms. The molecule has 150 valence electrons. The van der Waals surface area contributed by atoms with Crippen molar-refractivity contribution in [3.63, 3.8) is 0 Å². The Morgan fingerprint density at radius 2 is 1.60 bits per heavy atom. The fourth-order valence-electron chi connectivity index (χ4n) is 2.90. The lowest BCUT2D eigenvalue weighted by molar-refractivity contribution is -0.119. The quantitative estimate of drug-likeness (QED) is 0.518. The predicted octanol–water partition coefficient (Wildman–Crippen LogP) is 3.37. The third kappa shape index (κ3) is 4.27. The van der Waals surface area contributed by atoms with Crippen molar-refractivity contribution in [2.75, 3.05) is 10.6 Å². The number of nitrogens with one attached hydrogen (secondary N) is 2. The van der Waals surface area contributed by atoms with Crippen LogP contribution in [0.25, 0.3) is 5.82 Å². The van der Waals surface area contributed by atoms with Crippen molar-refractivity contribution in [3.8, 4) is 5.82 Å². The van der Waals surface area contributed by atoms with Gasteiger partial charge in [0.25, 0.3) is 5.56 Å². The van der Waals surface area contributed by atoms with E-state index in [0.29, 0.717) is 11.5 Å². The van der Waals surface area contributed by atoms with Crippen LogP contribution in [0, 0.1) is 0 Å². The summed E-state index contributed by atoms with van der Waals surface area (Å²) in [5, 5.41) is 14.5. The number of amides is 1. The number of hydrogen-bond donors (Lipinski definition) is 2. The van der Waals surface area contributed by atoms with Gasteiger partial charge < -0.3 is 10.6 Å². The molecule has 2 aromatic carbocycles. The number of para-hydroxylation sites is 1. The van der Waals surface area contributed by atoms with Gasteiger partial charge in [-0.25, -0.2) is 9.36 Å². The molecule has 2 heterocycles. The first-order valence-electron chi connectivity index (χ1n) is 9.43. The second-order valence-corrected chi connectivity index (χ2v) is 6.66. The summed E-state index contributed by atoms with van der Waals surface area (Å²) in [6.07, 6.45) is 3.33. The molecule has 0 radical (unpaired) electrons. The van der Waals surface area contributed by atoms with E-state index in [-0.39, 0.29) is 11.5 Å². The zero-order valence-corrected chi connectivity index (χ0v) is 16.3. The molecule has 4 aromatic rings. The smallest absolute Gasteiger partial charge is 0.267 e. The van der Waals surface area contributed by atoms with Crippen molar-refractivity contribution in [2.24, 2.45) is 0 Å². The molecular formula is C22H20N6O2. The summed E-state index contributed by atoms with van der Waals surface area (Å²) < 4.78 is 2.68. The zero-order valence-electron chi connectivity index (χ0n) is 16.3. The number of carbonyl (C=O) groups is 1. The molecule has 0 aliphatic heterocycles. The average Bonchev–Trinajstić information content (AvgIpc) is 3.31. The number of carbonyl (C=O) groups excluding carboxylic acids is 1. The van der Waals surface area contributed by atoms with Gasteiger partial charge in [0.2, 0.25) is 5.91 Å². The molecule has 0 spiro atoms.